The number of nitrogens with zero attached hydrogens (tertiary/aromatic N) is 2. The van der Waals surface area contributed by atoms with Gasteiger partial charge in [-0.1, -0.05) is 11.2 Å². The second-order valence-electron chi connectivity index (χ2n) is 5.02. The number of rotatable bonds is 4. The highest BCUT2D eigenvalue weighted by molar-refractivity contribution is 7.13. The first-order valence-electron chi connectivity index (χ1n) is 7.12. The van der Waals surface area contributed by atoms with Crippen LogP contribution in [0.1, 0.15) is 27.5 Å². The molecule has 0 unspecified atom stereocenters. The quantitative estimate of drug-likeness (QED) is 0.789. The first-order chi connectivity index (χ1) is 11.3. The van der Waals surface area contributed by atoms with Gasteiger partial charge in [0.2, 0.25) is 0 Å². The topological polar surface area (TPSA) is 90.4 Å². The fraction of sp³-hybridized carbons (Fsp3) is 0.267. The van der Waals surface area contributed by atoms with Crippen molar-refractivity contribution in [2.45, 2.75) is 19.6 Å². The number of aromatic nitrogens is 2. The van der Waals surface area contributed by atoms with E-state index in [0.29, 0.717) is 31.1 Å². The Morgan fingerprint density at radius 3 is 3.26 bits per heavy atom. The van der Waals surface area contributed by atoms with Gasteiger partial charge in [0.1, 0.15) is 11.5 Å². The molecular formula is C15H13N3O4S. The summed E-state index contributed by atoms with van der Waals surface area (Å²) < 4.78 is 16.0. The monoisotopic (exact) mass is 331 g/mol. The lowest BCUT2D eigenvalue weighted by atomic mass is 10.1. The summed E-state index contributed by atoms with van der Waals surface area (Å²) in [6.45, 7) is 1.36. The first-order valence-corrected chi connectivity index (χ1v) is 8.00. The second-order valence-corrected chi connectivity index (χ2v) is 5.97. The Labute approximate surface area is 135 Å². The van der Waals surface area contributed by atoms with Gasteiger partial charge in [-0.3, -0.25) is 4.79 Å². The second kappa shape index (κ2) is 5.98. The maximum absolute atomic E-state index is 12.4. The summed E-state index contributed by atoms with van der Waals surface area (Å²) in [5, 5.41) is 8.73. The Balaban J connectivity index is 1.49. The van der Waals surface area contributed by atoms with E-state index < -0.39 is 0 Å². The molecule has 1 aliphatic rings. The summed E-state index contributed by atoms with van der Waals surface area (Å²) in [4.78, 5) is 17.2. The molecule has 0 atom stereocenters. The van der Waals surface area contributed by atoms with E-state index in [2.05, 4.69) is 15.5 Å². The number of fused-ring (bicyclic) bond motifs is 1. The number of oxazole rings is 1. The minimum atomic E-state index is -0.310. The Bertz CT molecular complexity index is 822. The lowest BCUT2D eigenvalue weighted by Gasteiger charge is -2.10. The predicted molar refractivity (Wildman–Crippen MR) is 80.8 cm³/mol. The molecule has 0 radical (unpaired) electrons. The van der Waals surface area contributed by atoms with E-state index in [1.165, 1.54) is 17.7 Å². The van der Waals surface area contributed by atoms with Gasteiger partial charge in [0.25, 0.3) is 5.91 Å². The SMILES string of the molecule is O=C(NCc1noc2c1COCC2)c1ncoc1-c1cccs1. The molecule has 0 fully saturated rings. The molecule has 23 heavy (non-hydrogen) atoms. The third kappa shape index (κ3) is 2.66. The molecular weight excluding hydrogens is 318 g/mol. The molecule has 4 heterocycles. The molecule has 1 aliphatic heterocycles. The summed E-state index contributed by atoms with van der Waals surface area (Å²) in [6.07, 6.45) is 1.98. The minimum absolute atomic E-state index is 0.262. The van der Waals surface area contributed by atoms with Crippen LogP contribution < -0.4 is 5.32 Å². The smallest absolute Gasteiger partial charge is 0.274 e. The molecule has 0 spiro atoms. The third-order valence-corrected chi connectivity index (χ3v) is 4.48. The van der Waals surface area contributed by atoms with Crippen molar-refractivity contribution in [3.05, 3.63) is 46.6 Å². The zero-order valence-corrected chi connectivity index (χ0v) is 12.9. The Hall–Kier alpha value is -2.45. The summed E-state index contributed by atoms with van der Waals surface area (Å²) in [7, 11) is 0. The highest BCUT2D eigenvalue weighted by atomic mass is 32.1. The van der Waals surface area contributed by atoms with Crippen molar-refractivity contribution in [1.29, 1.82) is 0 Å². The largest absolute Gasteiger partial charge is 0.442 e. The van der Waals surface area contributed by atoms with E-state index in [4.69, 9.17) is 13.7 Å². The number of hydrogen-bond donors (Lipinski definition) is 1. The fourth-order valence-electron chi connectivity index (χ4n) is 2.46. The fourth-order valence-corrected chi connectivity index (χ4v) is 3.17. The molecule has 1 amide bonds. The van der Waals surface area contributed by atoms with Gasteiger partial charge in [0.05, 0.1) is 24.6 Å². The van der Waals surface area contributed by atoms with Crippen molar-refractivity contribution < 1.29 is 18.5 Å². The molecule has 1 N–H and O–H groups in total. The molecule has 0 saturated heterocycles. The molecule has 4 rings (SSSR count). The summed E-state index contributed by atoms with van der Waals surface area (Å²) >= 11 is 1.49. The molecule has 0 aliphatic carbocycles. The van der Waals surface area contributed by atoms with Crippen LogP contribution in [0.3, 0.4) is 0 Å². The number of nitrogens with one attached hydrogen (secondary N) is 1. The van der Waals surface area contributed by atoms with Gasteiger partial charge >= 0.3 is 0 Å². The maximum atomic E-state index is 12.4. The minimum Gasteiger partial charge on any atom is -0.442 e. The molecule has 0 bridgehead atoms. The zero-order chi connectivity index (χ0) is 15.6. The number of hydrogen-bond acceptors (Lipinski definition) is 7. The molecule has 3 aromatic heterocycles. The van der Waals surface area contributed by atoms with Crippen molar-refractivity contribution in [2.75, 3.05) is 6.61 Å². The molecule has 7 nitrogen and oxygen atoms in total. The molecule has 0 saturated carbocycles. The number of ether oxygens (including phenoxy) is 1. The highest BCUT2D eigenvalue weighted by Gasteiger charge is 2.22. The molecule has 8 heteroatoms. The average molecular weight is 331 g/mol. The van der Waals surface area contributed by atoms with E-state index in [0.717, 1.165) is 16.2 Å². The number of carbonyl (C=O) groups excluding carboxylic acids is 1. The van der Waals surface area contributed by atoms with Crippen LogP contribution in [-0.2, 0) is 24.3 Å². The van der Waals surface area contributed by atoms with Crippen LogP contribution in [0.25, 0.3) is 10.6 Å². The molecule has 0 aromatic carbocycles. The van der Waals surface area contributed by atoms with Gasteiger partial charge in [-0.2, -0.15) is 0 Å². The summed E-state index contributed by atoms with van der Waals surface area (Å²) in [5.41, 5.74) is 1.88. The van der Waals surface area contributed by atoms with E-state index >= 15 is 0 Å². The number of carbonyl (C=O) groups is 1. The first kappa shape index (κ1) is 14.2. The van der Waals surface area contributed by atoms with Gasteiger partial charge in [0.15, 0.2) is 17.8 Å². The number of amides is 1. The van der Waals surface area contributed by atoms with Crippen LogP contribution in [0.5, 0.6) is 0 Å². The average Bonchev–Trinajstić information content (AvgIpc) is 3.31. The van der Waals surface area contributed by atoms with E-state index in [1.54, 1.807) is 0 Å². The predicted octanol–water partition coefficient (Wildman–Crippen LogP) is 2.39. The lowest BCUT2D eigenvalue weighted by Crippen LogP contribution is -2.24. The van der Waals surface area contributed by atoms with Gasteiger partial charge < -0.3 is 19.0 Å². The third-order valence-electron chi connectivity index (χ3n) is 3.61. The van der Waals surface area contributed by atoms with Crippen molar-refractivity contribution >= 4 is 17.2 Å². The van der Waals surface area contributed by atoms with Crippen LogP contribution in [0.4, 0.5) is 0 Å². The maximum Gasteiger partial charge on any atom is 0.274 e. The highest BCUT2D eigenvalue weighted by Crippen LogP contribution is 2.27. The van der Waals surface area contributed by atoms with Gasteiger partial charge in [-0.15, -0.1) is 11.3 Å². The molecule has 3 aromatic rings. The van der Waals surface area contributed by atoms with E-state index in [-0.39, 0.29) is 18.1 Å². The van der Waals surface area contributed by atoms with Crippen molar-refractivity contribution in [3.63, 3.8) is 0 Å². The van der Waals surface area contributed by atoms with Crippen molar-refractivity contribution in [3.8, 4) is 10.6 Å². The van der Waals surface area contributed by atoms with Gasteiger partial charge in [-0.25, -0.2) is 4.98 Å². The standard InChI is InChI=1S/C15H13N3O4S/c19-15(13-14(21-8-17-13)12-2-1-5-23-12)16-6-10-9-7-20-4-3-11(9)22-18-10/h1-2,5,8H,3-4,6-7H2,(H,16,19). The Morgan fingerprint density at radius 2 is 2.39 bits per heavy atom. The summed E-state index contributed by atoms with van der Waals surface area (Å²) in [6, 6.07) is 3.78. The van der Waals surface area contributed by atoms with Gasteiger partial charge in [-0.05, 0) is 11.4 Å². The Morgan fingerprint density at radius 1 is 1.43 bits per heavy atom. The van der Waals surface area contributed by atoms with E-state index in [9.17, 15) is 4.79 Å². The van der Waals surface area contributed by atoms with Crippen LogP contribution in [-0.4, -0.2) is 22.7 Å². The lowest BCUT2D eigenvalue weighted by molar-refractivity contribution is 0.0942. The Kier molecular flexibility index (Phi) is 3.68. The van der Waals surface area contributed by atoms with Crippen molar-refractivity contribution in [1.82, 2.24) is 15.5 Å². The normalized spacial score (nSPS) is 13.7. The van der Waals surface area contributed by atoms with Crippen LogP contribution >= 0.6 is 11.3 Å². The van der Waals surface area contributed by atoms with Crippen LogP contribution in [0.2, 0.25) is 0 Å². The molecule has 118 valence electrons. The number of thiophene rings is 1. The van der Waals surface area contributed by atoms with Crippen molar-refractivity contribution in [2.24, 2.45) is 0 Å². The van der Waals surface area contributed by atoms with Crippen LogP contribution in [0.15, 0.2) is 32.8 Å². The van der Waals surface area contributed by atoms with Gasteiger partial charge in [0, 0.05) is 12.0 Å². The summed E-state index contributed by atoms with van der Waals surface area (Å²) in [5.74, 6) is 1.000. The van der Waals surface area contributed by atoms with E-state index in [1.807, 2.05) is 17.5 Å². The van der Waals surface area contributed by atoms with Crippen LogP contribution in [0, 0.1) is 0 Å². The zero-order valence-electron chi connectivity index (χ0n) is 12.1.